The number of ether oxygens (including phenoxy) is 2. The van der Waals surface area contributed by atoms with Crippen molar-refractivity contribution >= 4 is 50.8 Å². The third-order valence-corrected chi connectivity index (χ3v) is 4.95. The van der Waals surface area contributed by atoms with E-state index in [1.807, 2.05) is 0 Å². The second-order valence-electron chi connectivity index (χ2n) is 6.09. The number of furan rings is 1. The Labute approximate surface area is 177 Å². The summed E-state index contributed by atoms with van der Waals surface area (Å²) in [7, 11) is 0. The Hall–Kier alpha value is -3.53. The first kappa shape index (κ1) is 21.2. The molecule has 0 unspecified atom stereocenters. The molecule has 1 heterocycles. The number of nitrogens with zero attached hydrogens (tertiary/aromatic N) is 1. The van der Waals surface area contributed by atoms with Crippen molar-refractivity contribution in [3.63, 3.8) is 0 Å². The van der Waals surface area contributed by atoms with Gasteiger partial charge in [-0.05, 0) is 47.5 Å². The van der Waals surface area contributed by atoms with Crippen molar-refractivity contribution in [2.75, 3.05) is 6.61 Å². The Morgan fingerprint density at radius 1 is 1.27 bits per heavy atom. The number of benzene rings is 2. The van der Waals surface area contributed by atoms with Crippen molar-refractivity contribution in [2.24, 2.45) is 0 Å². The molecule has 30 heavy (non-hydrogen) atoms. The van der Waals surface area contributed by atoms with Gasteiger partial charge in [-0.25, -0.2) is 9.59 Å². The number of halogens is 1. The van der Waals surface area contributed by atoms with Crippen LogP contribution >= 0.6 is 15.9 Å². The molecule has 10 heteroatoms. The van der Waals surface area contributed by atoms with E-state index in [0.29, 0.717) is 11.8 Å². The number of hydrogen-bond acceptors (Lipinski definition) is 8. The first-order chi connectivity index (χ1) is 14.3. The minimum Gasteiger partial charge on any atom is -0.462 e. The van der Waals surface area contributed by atoms with E-state index in [0.717, 1.165) is 6.07 Å². The monoisotopic (exact) mass is 475 g/mol. The highest BCUT2D eigenvalue weighted by Gasteiger charge is 2.27. The van der Waals surface area contributed by atoms with E-state index < -0.39 is 16.9 Å². The number of fused-ring (bicyclic) bond motifs is 1. The molecule has 0 N–H and O–H groups in total. The van der Waals surface area contributed by atoms with Gasteiger partial charge in [-0.1, -0.05) is 6.07 Å². The minimum absolute atomic E-state index is 0.0276. The highest BCUT2D eigenvalue weighted by Crippen LogP contribution is 2.40. The van der Waals surface area contributed by atoms with E-state index in [1.165, 1.54) is 24.3 Å². The molecule has 0 spiro atoms. The summed E-state index contributed by atoms with van der Waals surface area (Å²) in [5, 5.41) is 11.1. The van der Waals surface area contributed by atoms with Crippen LogP contribution in [0.1, 0.15) is 43.8 Å². The third kappa shape index (κ3) is 3.81. The molecule has 0 aliphatic heterocycles. The van der Waals surface area contributed by atoms with Crippen molar-refractivity contribution in [3.8, 4) is 5.75 Å². The fraction of sp³-hybridized carbons (Fsp3) is 0.150. The maximum absolute atomic E-state index is 12.5. The summed E-state index contributed by atoms with van der Waals surface area (Å²) < 4.78 is 16.1. The molecule has 9 nitrogen and oxygen atoms in total. The van der Waals surface area contributed by atoms with Gasteiger partial charge in [0.1, 0.15) is 16.9 Å². The summed E-state index contributed by atoms with van der Waals surface area (Å²) in [6.07, 6.45) is 0.396. The number of nitro groups is 1. The smallest absolute Gasteiger partial charge is 0.343 e. The van der Waals surface area contributed by atoms with E-state index >= 15 is 0 Å². The van der Waals surface area contributed by atoms with Crippen LogP contribution in [-0.4, -0.2) is 29.8 Å². The maximum Gasteiger partial charge on any atom is 0.343 e. The second-order valence-corrected chi connectivity index (χ2v) is 6.88. The highest BCUT2D eigenvalue weighted by atomic mass is 79.9. The molecule has 0 atom stereocenters. The number of hydrogen-bond donors (Lipinski definition) is 0. The van der Waals surface area contributed by atoms with Gasteiger partial charge < -0.3 is 13.9 Å². The molecule has 3 aromatic rings. The SMILES string of the molecule is CCOC(=O)c1c(C=O)oc2c(C)cc(OC(=O)c3cccc([N+](=O)[O-])c3)c(Br)c12. The standard InChI is InChI=1S/C20H14BrNO8/c1-3-28-20(25)15-14(9-23)29-18-10(2)7-13(17(21)16(15)18)30-19(24)11-5-4-6-12(8-11)22(26)27/h4-9H,3H2,1-2H3. The molecule has 0 saturated heterocycles. The lowest BCUT2D eigenvalue weighted by Gasteiger charge is -2.09. The molecule has 3 rings (SSSR count). The van der Waals surface area contributed by atoms with Crippen molar-refractivity contribution in [1.29, 1.82) is 0 Å². The van der Waals surface area contributed by atoms with Crippen LogP contribution in [0.4, 0.5) is 5.69 Å². The lowest BCUT2D eigenvalue weighted by molar-refractivity contribution is -0.384. The Morgan fingerprint density at radius 3 is 2.63 bits per heavy atom. The number of nitro benzene ring substituents is 1. The molecular formula is C20H14BrNO8. The maximum atomic E-state index is 12.5. The van der Waals surface area contributed by atoms with Gasteiger partial charge in [0, 0.05) is 12.1 Å². The van der Waals surface area contributed by atoms with Crippen LogP contribution in [-0.2, 0) is 4.74 Å². The zero-order chi connectivity index (χ0) is 22.0. The molecule has 0 saturated carbocycles. The Morgan fingerprint density at radius 2 is 2.00 bits per heavy atom. The van der Waals surface area contributed by atoms with Crippen LogP contribution in [0, 0.1) is 17.0 Å². The summed E-state index contributed by atoms with van der Waals surface area (Å²) in [6.45, 7) is 3.35. The summed E-state index contributed by atoms with van der Waals surface area (Å²) in [6, 6.07) is 6.56. The van der Waals surface area contributed by atoms with Crippen molar-refractivity contribution in [1.82, 2.24) is 0 Å². The van der Waals surface area contributed by atoms with Crippen LogP contribution in [0.15, 0.2) is 39.2 Å². The molecule has 1 aromatic heterocycles. The van der Waals surface area contributed by atoms with Gasteiger partial charge in [0.15, 0.2) is 12.0 Å². The fourth-order valence-electron chi connectivity index (χ4n) is 2.85. The van der Waals surface area contributed by atoms with Crippen LogP contribution in [0.2, 0.25) is 0 Å². The number of carbonyl (C=O) groups excluding carboxylic acids is 3. The Kier molecular flexibility index (Phi) is 5.97. The average molecular weight is 476 g/mol. The largest absolute Gasteiger partial charge is 0.462 e. The highest BCUT2D eigenvalue weighted by molar-refractivity contribution is 9.10. The predicted molar refractivity (Wildman–Crippen MR) is 108 cm³/mol. The van der Waals surface area contributed by atoms with Crippen molar-refractivity contribution in [3.05, 3.63) is 67.4 Å². The van der Waals surface area contributed by atoms with Gasteiger partial charge in [-0.15, -0.1) is 0 Å². The number of rotatable bonds is 6. The molecule has 0 aliphatic rings. The minimum atomic E-state index is -0.838. The lowest BCUT2D eigenvalue weighted by atomic mass is 10.1. The predicted octanol–water partition coefficient (Wildman–Crippen LogP) is 4.62. The number of esters is 2. The normalized spacial score (nSPS) is 10.6. The van der Waals surface area contributed by atoms with E-state index in [2.05, 4.69) is 15.9 Å². The molecule has 0 fully saturated rings. The second kappa shape index (κ2) is 8.46. The number of non-ortho nitro benzene ring substituents is 1. The van der Waals surface area contributed by atoms with Crippen LogP contribution < -0.4 is 4.74 Å². The Bertz CT molecular complexity index is 1200. The number of aldehydes is 1. The molecule has 0 aliphatic carbocycles. The summed E-state index contributed by atoms with van der Waals surface area (Å²) in [5.74, 6) is -1.77. The van der Waals surface area contributed by atoms with E-state index in [1.54, 1.807) is 13.8 Å². The number of carbonyl (C=O) groups is 3. The van der Waals surface area contributed by atoms with Gasteiger partial charge in [0.25, 0.3) is 5.69 Å². The molecule has 2 aromatic carbocycles. The van der Waals surface area contributed by atoms with E-state index in [4.69, 9.17) is 13.9 Å². The van der Waals surface area contributed by atoms with Crippen LogP contribution in [0.3, 0.4) is 0 Å². The van der Waals surface area contributed by atoms with E-state index in [9.17, 15) is 24.5 Å². The molecule has 154 valence electrons. The fourth-order valence-corrected chi connectivity index (χ4v) is 3.43. The zero-order valence-corrected chi connectivity index (χ0v) is 17.3. The zero-order valence-electron chi connectivity index (χ0n) is 15.8. The summed E-state index contributed by atoms with van der Waals surface area (Å²) in [5.41, 5.74) is 0.367. The average Bonchev–Trinajstić information content (AvgIpc) is 3.12. The first-order valence-electron chi connectivity index (χ1n) is 8.63. The topological polar surface area (TPSA) is 126 Å². The summed E-state index contributed by atoms with van der Waals surface area (Å²) in [4.78, 5) is 46.6. The van der Waals surface area contributed by atoms with Crippen LogP contribution in [0.5, 0.6) is 5.75 Å². The quantitative estimate of drug-likeness (QED) is 0.166. The van der Waals surface area contributed by atoms with Crippen molar-refractivity contribution < 1.29 is 33.2 Å². The van der Waals surface area contributed by atoms with Crippen LogP contribution in [0.25, 0.3) is 11.0 Å². The lowest BCUT2D eigenvalue weighted by Crippen LogP contribution is -2.10. The molecule has 0 amide bonds. The molecular weight excluding hydrogens is 462 g/mol. The van der Waals surface area contributed by atoms with Crippen molar-refractivity contribution in [2.45, 2.75) is 13.8 Å². The van der Waals surface area contributed by atoms with Gasteiger partial charge in [-0.3, -0.25) is 14.9 Å². The first-order valence-corrected chi connectivity index (χ1v) is 9.42. The van der Waals surface area contributed by atoms with E-state index in [-0.39, 0.29) is 50.4 Å². The summed E-state index contributed by atoms with van der Waals surface area (Å²) >= 11 is 3.30. The Balaban J connectivity index is 2.10. The van der Waals surface area contributed by atoms with Gasteiger partial charge >= 0.3 is 11.9 Å². The number of aryl methyl sites for hydroxylation is 1. The van der Waals surface area contributed by atoms with Gasteiger partial charge in [0.05, 0.1) is 27.0 Å². The van der Waals surface area contributed by atoms with Gasteiger partial charge in [-0.2, -0.15) is 0 Å². The molecule has 0 bridgehead atoms. The molecule has 0 radical (unpaired) electrons. The van der Waals surface area contributed by atoms with Gasteiger partial charge in [0.2, 0.25) is 0 Å². The third-order valence-electron chi connectivity index (χ3n) is 4.16.